The first-order valence-corrected chi connectivity index (χ1v) is 6.45. The van der Waals surface area contributed by atoms with Gasteiger partial charge >= 0.3 is 0 Å². The molecule has 4 heteroatoms. The number of nitrogens with one attached hydrogen (secondary N) is 1. The highest BCUT2D eigenvalue weighted by Gasteiger charge is 2.08. The van der Waals surface area contributed by atoms with Gasteiger partial charge < -0.3 is 5.32 Å². The number of benzene rings is 1. The average Bonchev–Trinajstić information content (AvgIpc) is 2.37. The minimum absolute atomic E-state index is 0.259. The summed E-state index contributed by atoms with van der Waals surface area (Å²) < 4.78 is 13.5. The fourth-order valence-electron chi connectivity index (χ4n) is 2.00. The molecule has 19 heavy (non-hydrogen) atoms. The Bertz CT molecular complexity index is 561. The molecule has 1 aromatic carbocycles. The molecule has 1 N–H and O–H groups in total. The molecule has 0 fully saturated rings. The van der Waals surface area contributed by atoms with Gasteiger partial charge in [-0.15, -0.1) is 0 Å². The van der Waals surface area contributed by atoms with Crippen LogP contribution in [0.2, 0.25) is 0 Å². The normalized spacial score (nSPS) is 10.5. The standard InChI is InChI=1S/C15H18FN3/c1-4-5-13-9-14(17-3)19-15(18-13)11-6-10(2)7-12(16)8-11/h6-9H,4-5H2,1-3H3,(H,17,18,19). The van der Waals surface area contributed by atoms with Crippen molar-refractivity contribution in [2.75, 3.05) is 12.4 Å². The number of rotatable bonds is 4. The predicted molar refractivity (Wildman–Crippen MR) is 75.7 cm³/mol. The molecular weight excluding hydrogens is 241 g/mol. The summed E-state index contributed by atoms with van der Waals surface area (Å²) in [5, 5.41) is 3.02. The number of anilines is 1. The van der Waals surface area contributed by atoms with E-state index < -0.39 is 0 Å². The van der Waals surface area contributed by atoms with Crippen molar-refractivity contribution in [3.8, 4) is 11.4 Å². The van der Waals surface area contributed by atoms with E-state index in [1.165, 1.54) is 12.1 Å². The molecule has 0 saturated heterocycles. The quantitative estimate of drug-likeness (QED) is 0.911. The Morgan fingerprint density at radius 2 is 1.95 bits per heavy atom. The minimum Gasteiger partial charge on any atom is -0.373 e. The van der Waals surface area contributed by atoms with Crippen molar-refractivity contribution >= 4 is 5.82 Å². The zero-order valence-corrected chi connectivity index (χ0v) is 11.5. The third-order valence-corrected chi connectivity index (χ3v) is 2.84. The van der Waals surface area contributed by atoms with Gasteiger partial charge in [-0.3, -0.25) is 0 Å². The van der Waals surface area contributed by atoms with Gasteiger partial charge in [0.15, 0.2) is 5.82 Å². The molecular formula is C15H18FN3. The molecule has 0 aliphatic rings. The smallest absolute Gasteiger partial charge is 0.161 e. The Labute approximate surface area is 112 Å². The fourth-order valence-corrected chi connectivity index (χ4v) is 2.00. The number of nitrogens with zero attached hydrogens (tertiary/aromatic N) is 2. The van der Waals surface area contributed by atoms with Gasteiger partial charge in [0.05, 0.1) is 0 Å². The predicted octanol–water partition coefficient (Wildman–Crippen LogP) is 3.59. The van der Waals surface area contributed by atoms with E-state index in [-0.39, 0.29) is 5.82 Å². The minimum atomic E-state index is -0.259. The maximum absolute atomic E-state index is 13.5. The first kappa shape index (κ1) is 13.5. The monoisotopic (exact) mass is 259 g/mol. The lowest BCUT2D eigenvalue weighted by Gasteiger charge is -2.08. The Balaban J connectivity index is 2.50. The van der Waals surface area contributed by atoms with Crippen LogP contribution in [-0.4, -0.2) is 17.0 Å². The van der Waals surface area contributed by atoms with Crippen molar-refractivity contribution < 1.29 is 4.39 Å². The van der Waals surface area contributed by atoms with E-state index in [2.05, 4.69) is 22.2 Å². The molecule has 0 aliphatic carbocycles. The van der Waals surface area contributed by atoms with Crippen LogP contribution < -0.4 is 5.32 Å². The molecule has 0 atom stereocenters. The molecule has 0 aliphatic heterocycles. The molecule has 2 aromatic rings. The van der Waals surface area contributed by atoms with Crippen LogP contribution in [0.5, 0.6) is 0 Å². The highest BCUT2D eigenvalue weighted by atomic mass is 19.1. The maximum atomic E-state index is 13.5. The molecule has 0 spiro atoms. The molecule has 1 aromatic heterocycles. The van der Waals surface area contributed by atoms with E-state index in [1.54, 1.807) is 0 Å². The second-order valence-electron chi connectivity index (χ2n) is 4.59. The molecule has 0 bridgehead atoms. The summed E-state index contributed by atoms with van der Waals surface area (Å²) in [4.78, 5) is 8.90. The van der Waals surface area contributed by atoms with Gasteiger partial charge in [0.25, 0.3) is 0 Å². The number of hydrogen-bond acceptors (Lipinski definition) is 3. The summed E-state index contributed by atoms with van der Waals surface area (Å²) in [5.74, 6) is 1.07. The topological polar surface area (TPSA) is 37.8 Å². The first-order valence-electron chi connectivity index (χ1n) is 6.45. The van der Waals surface area contributed by atoms with Crippen LogP contribution >= 0.6 is 0 Å². The van der Waals surface area contributed by atoms with Crippen molar-refractivity contribution in [2.45, 2.75) is 26.7 Å². The summed E-state index contributed by atoms with van der Waals surface area (Å²) in [6, 6.07) is 6.79. The zero-order chi connectivity index (χ0) is 13.8. The molecule has 1 heterocycles. The largest absolute Gasteiger partial charge is 0.373 e. The molecule has 0 saturated carbocycles. The summed E-state index contributed by atoms with van der Waals surface area (Å²) in [5.41, 5.74) is 2.55. The lowest BCUT2D eigenvalue weighted by Crippen LogP contribution is -2.01. The zero-order valence-electron chi connectivity index (χ0n) is 11.5. The van der Waals surface area contributed by atoms with Crippen molar-refractivity contribution in [3.05, 3.63) is 41.3 Å². The van der Waals surface area contributed by atoms with Crippen LogP contribution in [0.4, 0.5) is 10.2 Å². The molecule has 3 nitrogen and oxygen atoms in total. The molecule has 0 unspecified atom stereocenters. The molecule has 0 amide bonds. The van der Waals surface area contributed by atoms with Crippen molar-refractivity contribution in [2.24, 2.45) is 0 Å². The lowest BCUT2D eigenvalue weighted by atomic mass is 10.1. The SMILES string of the molecule is CCCc1cc(NC)nc(-c2cc(C)cc(F)c2)n1. The summed E-state index contributed by atoms with van der Waals surface area (Å²) >= 11 is 0. The molecule has 0 radical (unpaired) electrons. The summed E-state index contributed by atoms with van der Waals surface area (Å²) in [6.07, 6.45) is 1.90. The highest BCUT2D eigenvalue weighted by Crippen LogP contribution is 2.21. The molecule has 100 valence electrons. The summed E-state index contributed by atoms with van der Waals surface area (Å²) in [7, 11) is 1.82. The fraction of sp³-hybridized carbons (Fsp3) is 0.333. The van der Waals surface area contributed by atoms with Crippen molar-refractivity contribution in [1.82, 2.24) is 9.97 Å². The Morgan fingerprint density at radius 1 is 1.16 bits per heavy atom. The third kappa shape index (κ3) is 3.28. The second kappa shape index (κ2) is 5.78. The number of aryl methyl sites for hydroxylation is 2. The third-order valence-electron chi connectivity index (χ3n) is 2.84. The van der Waals surface area contributed by atoms with Crippen molar-refractivity contribution in [1.29, 1.82) is 0 Å². The van der Waals surface area contributed by atoms with E-state index in [0.717, 1.165) is 29.9 Å². The Hall–Kier alpha value is -1.97. The van der Waals surface area contributed by atoms with Gasteiger partial charge in [-0.25, -0.2) is 14.4 Å². The number of halogens is 1. The van der Waals surface area contributed by atoms with E-state index in [9.17, 15) is 4.39 Å². The van der Waals surface area contributed by atoms with Crippen molar-refractivity contribution in [3.63, 3.8) is 0 Å². The first-order chi connectivity index (χ1) is 9.12. The maximum Gasteiger partial charge on any atom is 0.161 e. The molecule has 2 rings (SSSR count). The Morgan fingerprint density at radius 3 is 2.58 bits per heavy atom. The van der Waals surface area contributed by atoms with Crippen LogP contribution in [-0.2, 0) is 6.42 Å². The van der Waals surface area contributed by atoms with Crippen LogP contribution in [0.1, 0.15) is 24.6 Å². The van der Waals surface area contributed by atoms with Gasteiger partial charge in [-0.2, -0.15) is 0 Å². The lowest BCUT2D eigenvalue weighted by molar-refractivity contribution is 0.627. The van der Waals surface area contributed by atoms with Crippen LogP contribution in [0.3, 0.4) is 0 Å². The number of aromatic nitrogens is 2. The Kier molecular flexibility index (Phi) is 4.10. The van der Waals surface area contributed by atoms with Gasteiger partial charge in [-0.05, 0) is 37.1 Å². The van der Waals surface area contributed by atoms with Crippen LogP contribution in [0.15, 0.2) is 24.3 Å². The van der Waals surface area contributed by atoms with Gasteiger partial charge in [0, 0.05) is 24.4 Å². The number of hydrogen-bond donors (Lipinski definition) is 1. The van der Waals surface area contributed by atoms with Crippen LogP contribution in [0, 0.1) is 12.7 Å². The summed E-state index contributed by atoms with van der Waals surface area (Å²) in [6.45, 7) is 3.97. The van der Waals surface area contributed by atoms with Gasteiger partial charge in [-0.1, -0.05) is 13.3 Å². The van der Waals surface area contributed by atoms with E-state index in [4.69, 9.17) is 0 Å². The second-order valence-corrected chi connectivity index (χ2v) is 4.59. The van der Waals surface area contributed by atoms with Gasteiger partial charge in [0.2, 0.25) is 0 Å². The van der Waals surface area contributed by atoms with E-state index in [0.29, 0.717) is 11.4 Å². The van der Waals surface area contributed by atoms with Gasteiger partial charge in [0.1, 0.15) is 11.6 Å². The average molecular weight is 259 g/mol. The van der Waals surface area contributed by atoms with E-state index >= 15 is 0 Å². The van der Waals surface area contributed by atoms with Crippen LogP contribution in [0.25, 0.3) is 11.4 Å². The highest BCUT2D eigenvalue weighted by molar-refractivity contribution is 5.58. The van der Waals surface area contributed by atoms with E-state index in [1.807, 2.05) is 26.1 Å².